The summed E-state index contributed by atoms with van der Waals surface area (Å²) in [5.74, 6) is -2.68. The highest BCUT2D eigenvalue weighted by molar-refractivity contribution is 6.02. The molecule has 2 heterocycles. The molecule has 2 aromatic heterocycles. The number of anilines is 1. The molecule has 4 aromatic rings. The zero-order valence-electron chi connectivity index (χ0n) is 18.7. The molecule has 0 atom stereocenters. The molecule has 4 rings (SSSR count). The summed E-state index contributed by atoms with van der Waals surface area (Å²) in [5, 5.41) is 0.286. The van der Waals surface area contributed by atoms with Crippen molar-refractivity contribution in [1.82, 2.24) is 9.13 Å². The lowest BCUT2D eigenvalue weighted by atomic mass is 10.2. The Labute approximate surface area is 197 Å². The van der Waals surface area contributed by atoms with Gasteiger partial charge >= 0.3 is 11.7 Å². The van der Waals surface area contributed by atoms with Crippen molar-refractivity contribution in [3.8, 4) is 0 Å². The SMILES string of the molecule is CCn1c(=O)c(C(=O)COC(=O)c2cc(=O)c3ccccc3o2)c(N)n(Cc2ccccc2)c1=O. The molecular formula is C25H21N3O7. The Morgan fingerprint density at radius 3 is 2.37 bits per heavy atom. The minimum Gasteiger partial charge on any atom is -0.451 e. The van der Waals surface area contributed by atoms with Crippen molar-refractivity contribution in [3.63, 3.8) is 0 Å². The monoisotopic (exact) mass is 475 g/mol. The Morgan fingerprint density at radius 2 is 1.66 bits per heavy atom. The van der Waals surface area contributed by atoms with Gasteiger partial charge in [0.1, 0.15) is 17.0 Å². The van der Waals surface area contributed by atoms with Gasteiger partial charge in [0.25, 0.3) is 5.56 Å². The first-order valence-corrected chi connectivity index (χ1v) is 10.7. The predicted molar refractivity (Wildman–Crippen MR) is 128 cm³/mol. The van der Waals surface area contributed by atoms with E-state index in [0.717, 1.165) is 20.8 Å². The van der Waals surface area contributed by atoms with Crippen molar-refractivity contribution in [2.75, 3.05) is 12.3 Å². The number of carbonyl (C=O) groups excluding carboxylic acids is 2. The lowest BCUT2D eigenvalue weighted by molar-refractivity contribution is 0.0444. The lowest BCUT2D eigenvalue weighted by Gasteiger charge is -2.15. The number of para-hydroxylation sites is 1. The highest BCUT2D eigenvalue weighted by atomic mass is 16.5. The van der Waals surface area contributed by atoms with Crippen LogP contribution >= 0.6 is 0 Å². The number of rotatable bonds is 7. The Balaban J connectivity index is 1.63. The van der Waals surface area contributed by atoms with Gasteiger partial charge in [-0.1, -0.05) is 42.5 Å². The molecule has 0 unspecified atom stereocenters. The van der Waals surface area contributed by atoms with Gasteiger partial charge in [0.15, 0.2) is 12.0 Å². The average Bonchev–Trinajstić information content (AvgIpc) is 2.86. The Morgan fingerprint density at radius 1 is 0.971 bits per heavy atom. The van der Waals surface area contributed by atoms with Crippen LogP contribution in [0.3, 0.4) is 0 Å². The summed E-state index contributed by atoms with van der Waals surface area (Å²) >= 11 is 0. The molecule has 0 fully saturated rings. The molecule has 0 radical (unpaired) electrons. The molecule has 35 heavy (non-hydrogen) atoms. The quantitative estimate of drug-likeness (QED) is 0.315. The van der Waals surface area contributed by atoms with E-state index >= 15 is 0 Å². The molecular weight excluding hydrogens is 454 g/mol. The highest BCUT2D eigenvalue weighted by Crippen LogP contribution is 2.14. The second-order valence-corrected chi connectivity index (χ2v) is 7.63. The van der Waals surface area contributed by atoms with Crippen LogP contribution in [0.15, 0.2) is 79.5 Å². The molecule has 0 bridgehead atoms. The molecule has 0 aliphatic heterocycles. The lowest BCUT2D eigenvalue weighted by Crippen LogP contribution is -2.44. The number of nitrogen functional groups attached to an aromatic ring is 1. The number of fused-ring (bicyclic) bond motifs is 1. The van der Waals surface area contributed by atoms with Gasteiger partial charge in [-0.25, -0.2) is 9.59 Å². The van der Waals surface area contributed by atoms with Gasteiger partial charge in [-0.15, -0.1) is 0 Å². The van der Waals surface area contributed by atoms with Crippen LogP contribution in [0.4, 0.5) is 5.82 Å². The predicted octanol–water partition coefficient (Wildman–Crippen LogP) is 1.81. The fraction of sp³-hybridized carbons (Fsp3) is 0.160. The summed E-state index contributed by atoms with van der Waals surface area (Å²) in [4.78, 5) is 63.2. The van der Waals surface area contributed by atoms with Crippen molar-refractivity contribution < 1.29 is 18.7 Å². The molecule has 0 saturated heterocycles. The van der Waals surface area contributed by atoms with Gasteiger partial charge in [0.2, 0.25) is 11.5 Å². The molecule has 0 saturated carbocycles. The summed E-state index contributed by atoms with van der Waals surface area (Å²) < 4.78 is 12.4. The Hall–Kier alpha value is -4.73. The number of esters is 1. The summed E-state index contributed by atoms with van der Waals surface area (Å²) in [6.07, 6.45) is 0. The molecule has 0 amide bonds. The topological polar surface area (TPSA) is 144 Å². The zero-order valence-corrected chi connectivity index (χ0v) is 18.7. The first-order valence-electron chi connectivity index (χ1n) is 10.7. The van der Waals surface area contributed by atoms with Gasteiger partial charge in [0.05, 0.1) is 11.9 Å². The van der Waals surface area contributed by atoms with Crippen LogP contribution in [0.2, 0.25) is 0 Å². The molecule has 10 nitrogen and oxygen atoms in total. The van der Waals surface area contributed by atoms with E-state index in [1.807, 2.05) is 6.07 Å². The smallest absolute Gasteiger partial charge is 0.374 e. The van der Waals surface area contributed by atoms with Crippen LogP contribution in [0.5, 0.6) is 0 Å². The van der Waals surface area contributed by atoms with E-state index in [4.69, 9.17) is 14.9 Å². The number of nitrogens with zero attached hydrogens (tertiary/aromatic N) is 2. The van der Waals surface area contributed by atoms with Crippen molar-refractivity contribution in [1.29, 1.82) is 0 Å². The number of hydrogen-bond acceptors (Lipinski definition) is 8. The Kier molecular flexibility index (Phi) is 6.45. The van der Waals surface area contributed by atoms with Crippen molar-refractivity contribution in [2.45, 2.75) is 20.0 Å². The number of ether oxygens (including phenoxy) is 1. The van der Waals surface area contributed by atoms with E-state index in [1.165, 1.54) is 6.07 Å². The van der Waals surface area contributed by atoms with Gasteiger partial charge in [-0.05, 0) is 24.6 Å². The second-order valence-electron chi connectivity index (χ2n) is 7.63. The molecule has 0 aliphatic rings. The van der Waals surface area contributed by atoms with E-state index in [0.29, 0.717) is 0 Å². The first-order chi connectivity index (χ1) is 16.8. The molecule has 0 spiro atoms. The molecule has 10 heteroatoms. The zero-order chi connectivity index (χ0) is 25.1. The first kappa shape index (κ1) is 23.4. The van der Waals surface area contributed by atoms with E-state index in [9.17, 15) is 24.0 Å². The number of nitrogens with two attached hydrogens (primary N) is 1. The fourth-order valence-electron chi connectivity index (χ4n) is 3.65. The molecule has 2 N–H and O–H groups in total. The summed E-state index contributed by atoms with van der Waals surface area (Å²) in [7, 11) is 0. The van der Waals surface area contributed by atoms with Gasteiger partial charge in [-0.3, -0.25) is 23.5 Å². The second kappa shape index (κ2) is 9.64. The largest absolute Gasteiger partial charge is 0.451 e. The van der Waals surface area contributed by atoms with Crippen LogP contribution < -0.4 is 22.4 Å². The number of benzene rings is 2. The van der Waals surface area contributed by atoms with Crippen molar-refractivity contribution >= 4 is 28.5 Å². The van der Waals surface area contributed by atoms with Gasteiger partial charge < -0.3 is 14.9 Å². The van der Waals surface area contributed by atoms with Crippen molar-refractivity contribution in [3.05, 3.63) is 109 Å². The third-order valence-electron chi connectivity index (χ3n) is 5.42. The van der Waals surface area contributed by atoms with Crippen LogP contribution in [-0.2, 0) is 17.8 Å². The highest BCUT2D eigenvalue weighted by Gasteiger charge is 2.24. The minimum absolute atomic E-state index is 0.00898. The van der Waals surface area contributed by atoms with E-state index in [2.05, 4.69) is 0 Å². The molecule has 178 valence electrons. The summed E-state index contributed by atoms with van der Waals surface area (Å²) in [6.45, 7) is 0.785. The van der Waals surface area contributed by atoms with E-state index in [-0.39, 0.29) is 29.9 Å². The van der Waals surface area contributed by atoms with E-state index in [1.54, 1.807) is 49.4 Å². The third kappa shape index (κ3) is 4.54. The average molecular weight is 475 g/mol. The number of carbonyl (C=O) groups is 2. The van der Waals surface area contributed by atoms with Gasteiger partial charge in [0, 0.05) is 12.6 Å². The van der Waals surface area contributed by atoms with E-state index < -0.39 is 46.4 Å². The molecule has 2 aromatic carbocycles. The fourth-order valence-corrected chi connectivity index (χ4v) is 3.65. The third-order valence-corrected chi connectivity index (χ3v) is 5.42. The number of aromatic nitrogens is 2. The maximum Gasteiger partial charge on any atom is 0.374 e. The maximum absolute atomic E-state index is 12.9. The maximum atomic E-state index is 12.9. The Bertz CT molecular complexity index is 1610. The minimum atomic E-state index is -1.06. The van der Waals surface area contributed by atoms with Crippen molar-refractivity contribution in [2.24, 2.45) is 0 Å². The van der Waals surface area contributed by atoms with Crippen LogP contribution in [0.1, 0.15) is 33.4 Å². The van der Waals surface area contributed by atoms with Crippen LogP contribution in [0, 0.1) is 0 Å². The van der Waals surface area contributed by atoms with Crippen LogP contribution in [-0.4, -0.2) is 27.5 Å². The van der Waals surface area contributed by atoms with Crippen LogP contribution in [0.25, 0.3) is 11.0 Å². The summed E-state index contributed by atoms with van der Waals surface area (Å²) in [5.41, 5.74) is 4.55. The standard InChI is InChI=1S/C25H21N3O7/c1-2-27-23(31)21(22(26)28(25(27)33)13-15-8-4-3-5-9-15)18(30)14-34-24(32)20-12-17(29)16-10-6-7-11-19(16)35-20/h3-12H,2,13-14,26H2,1H3. The van der Waals surface area contributed by atoms with Gasteiger partial charge in [-0.2, -0.15) is 0 Å². The summed E-state index contributed by atoms with van der Waals surface area (Å²) in [6, 6.07) is 16.2. The molecule has 0 aliphatic carbocycles. The number of hydrogen-bond donors (Lipinski definition) is 1. The number of ketones is 1. The normalized spacial score (nSPS) is 10.9. The number of Topliss-reactive ketones (excluding diaryl/α,β-unsaturated/α-hetero) is 1.